The maximum atomic E-state index is 11.9. The Balaban J connectivity index is 2.17. The predicted octanol–water partition coefficient (Wildman–Crippen LogP) is 1.31. The maximum absolute atomic E-state index is 11.9. The molecule has 0 aromatic heterocycles. The second-order valence-electron chi connectivity index (χ2n) is 3.91. The number of nitrogens with one attached hydrogen (secondary N) is 1. The van der Waals surface area contributed by atoms with Gasteiger partial charge in [0.15, 0.2) is 0 Å². The first-order chi connectivity index (χ1) is 8.12. The molecule has 0 spiro atoms. The van der Waals surface area contributed by atoms with E-state index in [4.69, 9.17) is 5.26 Å². The lowest BCUT2D eigenvalue weighted by Gasteiger charge is -2.16. The van der Waals surface area contributed by atoms with Crippen LogP contribution in [0.2, 0.25) is 0 Å². The smallest absolute Gasteiger partial charge is 0.271 e. The number of rotatable bonds is 3. The molecular weight excluding hydrogens is 238 g/mol. The largest absolute Gasteiger partial charge is 0.301 e. The van der Waals surface area contributed by atoms with Crippen LogP contribution in [0.5, 0.6) is 0 Å². The van der Waals surface area contributed by atoms with E-state index in [0.29, 0.717) is 24.3 Å². The normalized spacial score (nSPS) is 16.6. The van der Waals surface area contributed by atoms with E-state index in [-0.39, 0.29) is 0 Å². The molecule has 0 amide bonds. The van der Waals surface area contributed by atoms with E-state index in [0.717, 1.165) is 12.8 Å². The van der Waals surface area contributed by atoms with Crippen LogP contribution in [-0.2, 0) is 10.2 Å². The van der Waals surface area contributed by atoms with Crippen molar-refractivity contribution in [1.29, 1.82) is 5.26 Å². The summed E-state index contributed by atoms with van der Waals surface area (Å²) in [6.07, 6.45) is 1.80. The third-order valence-electron chi connectivity index (χ3n) is 2.64. The highest BCUT2D eigenvalue weighted by Crippen LogP contribution is 2.17. The van der Waals surface area contributed by atoms with Crippen molar-refractivity contribution in [1.82, 2.24) is 4.31 Å². The summed E-state index contributed by atoms with van der Waals surface area (Å²) in [7, 11) is -3.46. The number of anilines is 1. The molecule has 17 heavy (non-hydrogen) atoms. The molecule has 0 radical (unpaired) electrons. The molecule has 1 N–H and O–H groups in total. The van der Waals surface area contributed by atoms with E-state index in [9.17, 15) is 8.42 Å². The van der Waals surface area contributed by atoms with Gasteiger partial charge in [-0.05, 0) is 31.0 Å². The quantitative estimate of drug-likeness (QED) is 0.880. The molecule has 0 bridgehead atoms. The minimum atomic E-state index is -3.46. The lowest BCUT2D eigenvalue weighted by molar-refractivity contribution is 0.482. The minimum absolute atomic E-state index is 0.427. The summed E-state index contributed by atoms with van der Waals surface area (Å²) < 4.78 is 27.8. The first-order valence-electron chi connectivity index (χ1n) is 5.40. The number of hydrogen-bond acceptors (Lipinski definition) is 3. The van der Waals surface area contributed by atoms with Crippen molar-refractivity contribution in [3.63, 3.8) is 0 Å². The Hall–Kier alpha value is -1.58. The molecule has 90 valence electrons. The number of nitriles is 1. The molecule has 0 atom stereocenters. The summed E-state index contributed by atoms with van der Waals surface area (Å²) in [6.45, 7) is 1.13. The zero-order chi connectivity index (χ0) is 12.3. The lowest BCUT2D eigenvalue weighted by atomic mass is 10.2. The van der Waals surface area contributed by atoms with Gasteiger partial charge in [0.05, 0.1) is 17.3 Å². The Kier molecular flexibility index (Phi) is 3.31. The van der Waals surface area contributed by atoms with Crippen LogP contribution in [0, 0.1) is 11.3 Å². The molecule has 1 aliphatic heterocycles. The highest BCUT2D eigenvalue weighted by Gasteiger charge is 2.24. The Morgan fingerprint density at radius 3 is 2.65 bits per heavy atom. The summed E-state index contributed by atoms with van der Waals surface area (Å²) in [5.41, 5.74) is 0.863. The topological polar surface area (TPSA) is 73.2 Å². The van der Waals surface area contributed by atoms with E-state index < -0.39 is 10.2 Å². The van der Waals surface area contributed by atoms with E-state index >= 15 is 0 Å². The van der Waals surface area contributed by atoms with Gasteiger partial charge in [0.2, 0.25) is 0 Å². The third-order valence-corrected chi connectivity index (χ3v) is 4.18. The van der Waals surface area contributed by atoms with Crippen molar-refractivity contribution < 1.29 is 8.42 Å². The number of benzene rings is 1. The summed E-state index contributed by atoms with van der Waals surface area (Å²) in [5.74, 6) is 0. The van der Waals surface area contributed by atoms with E-state index in [1.165, 1.54) is 10.4 Å². The van der Waals surface area contributed by atoms with Crippen LogP contribution in [0.1, 0.15) is 18.4 Å². The summed E-state index contributed by atoms with van der Waals surface area (Å²) in [5, 5.41) is 8.73. The van der Waals surface area contributed by atoms with Gasteiger partial charge in [-0.15, -0.1) is 0 Å². The molecule has 6 heteroatoms. The zero-order valence-electron chi connectivity index (χ0n) is 9.26. The summed E-state index contributed by atoms with van der Waals surface area (Å²) in [4.78, 5) is 0. The fourth-order valence-electron chi connectivity index (χ4n) is 1.79. The van der Waals surface area contributed by atoms with Gasteiger partial charge >= 0.3 is 10.2 Å². The van der Waals surface area contributed by atoms with Crippen LogP contribution in [-0.4, -0.2) is 25.8 Å². The Labute approximate surface area is 101 Å². The van der Waals surface area contributed by atoms with Crippen LogP contribution >= 0.6 is 0 Å². The fourth-order valence-corrected chi connectivity index (χ4v) is 3.09. The standard InChI is InChI=1S/C11H13N3O2S/c12-9-10-4-3-5-11(8-10)13-17(15,16)14-6-1-2-7-14/h3-5,8,13H,1-2,6-7H2. The van der Waals surface area contributed by atoms with Gasteiger partial charge in [-0.25, -0.2) is 0 Å². The molecular formula is C11H13N3O2S. The first kappa shape index (κ1) is 11.9. The highest BCUT2D eigenvalue weighted by atomic mass is 32.2. The molecule has 0 unspecified atom stereocenters. The van der Waals surface area contributed by atoms with Crippen molar-refractivity contribution in [2.75, 3.05) is 17.8 Å². The van der Waals surface area contributed by atoms with Crippen molar-refractivity contribution in [3.8, 4) is 6.07 Å². The SMILES string of the molecule is N#Cc1cccc(NS(=O)(=O)N2CCCC2)c1. The summed E-state index contributed by atoms with van der Waals surface area (Å²) >= 11 is 0. The first-order valence-corrected chi connectivity index (χ1v) is 6.84. The number of nitrogens with zero attached hydrogens (tertiary/aromatic N) is 2. The van der Waals surface area contributed by atoms with Gasteiger partial charge in [0, 0.05) is 13.1 Å². The molecule has 1 saturated heterocycles. The molecule has 1 aromatic carbocycles. The van der Waals surface area contributed by atoms with Crippen LogP contribution < -0.4 is 4.72 Å². The minimum Gasteiger partial charge on any atom is -0.271 e. The second-order valence-corrected chi connectivity index (χ2v) is 5.58. The van der Waals surface area contributed by atoms with E-state index in [1.807, 2.05) is 6.07 Å². The number of hydrogen-bond donors (Lipinski definition) is 1. The maximum Gasteiger partial charge on any atom is 0.301 e. The predicted molar refractivity (Wildman–Crippen MR) is 64.5 cm³/mol. The molecule has 0 aliphatic carbocycles. The average molecular weight is 251 g/mol. The van der Waals surface area contributed by atoms with Crippen LogP contribution in [0.15, 0.2) is 24.3 Å². The van der Waals surface area contributed by atoms with Crippen molar-refractivity contribution >= 4 is 15.9 Å². The Bertz CT molecular complexity index is 542. The Morgan fingerprint density at radius 2 is 2.00 bits per heavy atom. The highest BCUT2D eigenvalue weighted by molar-refractivity contribution is 7.90. The van der Waals surface area contributed by atoms with Crippen molar-refractivity contribution in [2.45, 2.75) is 12.8 Å². The third kappa shape index (κ3) is 2.75. The van der Waals surface area contributed by atoms with Gasteiger partial charge in [-0.1, -0.05) is 6.07 Å². The van der Waals surface area contributed by atoms with Gasteiger partial charge in [0.1, 0.15) is 0 Å². The summed E-state index contributed by atoms with van der Waals surface area (Å²) in [6, 6.07) is 8.41. The Morgan fingerprint density at radius 1 is 1.29 bits per heavy atom. The molecule has 1 heterocycles. The lowest BCUT2D eigenvalue weighted by Crippen LogP contribution is -2.33. The van der Waals surface area contributed by atoms with Crippen LogP contribution in [0.25, 0.3) is 0 Å². The molecule has 5 nitrogen and oxygen atoms in total. The molecule has 0 saturated carbocycles. The molecule has 2 rings (SSSR count). The van der Waals surface area contributed by atoms with Crippen LogP contribution in [0.4, 0.5) is 5.69 Å². The van der Waals surface area contributed by atoms with Crippen molar-refractivity contribution in [3.05, 3.63) is 29.8 Å². The molecule has 1 fully saturated rings. The zero-order valence-corrected chi connectivity index (χ0v) is 10.1. The van der Waals surface area contributed by atoms with E-state index in [1.54, 1.807) is 18.2 Å². The monoisotopic (exact) mass is 251 g/mol. The average Bonchev–Trinajstić information content (AvgIpc) is 2.83. The van der Waals surface area contributed by atoms with E-state index in [2.05, 4.69) is 4.72 Å². The van der Waals surface area contributed by atoms with Crippen molar-refractivity contribution in [2.24, 2.45) is 0 Å². The molecule has 1 aliphatic rings. The molecule has 1 aromatic rings. The van der Waals surface area contributed by atoms with Crippen LogP contribution in [0.3, 0.4) is 0 Å². The fraction of sp³-hybridized carbons (Fsp3) is 0.364. The van der Waals surface area contributed by atoms with Gasteiger partial charge in [-0.3, -0.25) is 4.72 Å². The van der Waals surface area contributed by atoms with Gasteiger partial charge in [0.25, 0.3) is 0 Å². The van der Waals surface area contributed by atoms with Gasteiger partial charge < -0.3 is 0 Å². The second kappa shape index (κ2) is 4.73. The van der Waals surface area contributed by atoms with Gasteiger partial charge in [-0.2, -0.15) is 18.0 Å².